The van der Waals surface area contributed by atoms with Crippen molar-refractivity contribution in [2.75, 3.05) is 13.2 Å². The van der Waals surface area contributed by atoms with E-state index in [1.165, 1.54) is 11.1 Å². The van der Waals surface area contributed by atoms with Crippen LogP contribution in [0.3, 0.4) is 0 Å². The van der Waals surface area contributed by atoms with Crippen molar-refractivity contribution in [1.29, 1.82) is 0 Å². The van der Waals surface area contributed by atoms with Crippen LogP contribution >= 0.6 is 0 Å². The molecule has 2 rings (SSSR count). The highest BCUT2D eigenvalue weighted by atomic mass is 16.5. The quantitative estimate of drug-likeness (QED) is 0.519. The molecule has 3 heteroatoms. The largest absolute Gasteiger partial charge is 0.494 e. The first-order chi connectivity index (χ1) is 12.9. The molecule has 0 spiro atoms. The van der Waals surface area contributed by atoms with Crippen molar-refractivity contribution in [1.82, 2.24) is 5.32 Å². The normalized spacial score (nSPS) is 11.6. The molecule has 0 heterocycles. The van der Waals surface area contributed by atoms with Gasteiger partial charge in [0.05, 0.1) is 6.61 Å². The van der Waals surface area contributed by atoms with Gasteiger partial charge in [-0.05, 0) is 54.0 Å². The van der Waals surface area contributed by atoms with Crippen LogP contribution in [0.4, 0.5) is 0 Å². The second kappa shape index (κ2) is 9.96. The first kappa shape index (κ1) is 20.8. The van der Waals surface area contributed by atoms with Gasteiger partial charge in [0.25, 0.3) is 0 Å². The van der Waals surface area contributed by atoms with Crippen LogP contribution in [0.25, 0.3) is 6.08 Å². The molecule has 0 radical (unpaired) electrons. The van der Waals surface area contributed by atoms with E-state index in [2.05, 4.69) is 56.4 Å². The van der Waals surface area contributed by atoms with Gasteiger partial charge in [-0.25, -0.2) is 0 Å². The zero-order valence-corrected chi connectivity index (χ0v) is 16.9. The smallest absolute Gasteiger partial charge is 0.243 e. The van der Waals surface area contributed by atoms with E-state index in [4.69, 9.17) is 4.74 Å². The molecule has 0 fully saturated rings. The van der Waals surface area contributed by atoms with Gasteiger partial charge >= 0.3 is 0 Å². The summed E-state index contributed by atoms with van der Waals surface area (Å²) < 4.78 is 5.63. The number of benzene rings is 2. The van der Waals surface area contributed by atoms with Gasteiger partial charge in [0.2, 0.25) is 5.91 Å². The Hall–Kier alpha value is -2.55. The summed E-state index contributed by atoms with van der Waals surface area (Å²) in [5, 5.41) is 2.94. The van der Waals surface area contributed by atoms with Crippen LogP contribution in [-0.2, 0) is 16.6 Å². The Kier molecular flexibility index (Phi) is 7.66. The fraction of sp³-hybridized carbons (Fsp3) is 0.375. The Morgan fingerprint density at radius 3 is 2.44 bits per heavy atom. The van der Waals surface area contributed by atoms with Gasteiger partial charge in [-0.2, -0.15) is 0 Å². The Morgan fingerprint density at radius 1 is 1.07 bits per heavy atom. The molecule has 1 amide bonds. The van der Waals surface area contributed by atoms with Crippen LogP contribution in [0.5, 0.6) is 5.75 Å². The van der Waals surface area contributed by atoms with Crippen LogP contribution in [-0.4, -0.2) is 19.1 Å². The first-order valence-corrected chi connectivity index (χ1v) is 9.67. The highest BCUT2D eigenvalue weighted by Gasteiger charge is 2.12. The van der Waals surface area contributed by atoms with E-state index >= 15 is 0 Å². The van der Waals surface area contributed by atoms with Crippen molar-refractivity contribution in [3.63, 3.8) is 0 Å². The summed E-state index contributed by atoms with van der Waals surface area (Å²) in [6.45, 7) is 9.87. The minimum atomic E-state index is -0.0620. The van der Waals surface area contributed by atoms with E-state index < -0.39 is 0 Å². The van der Waals surface area contributed by atoms with Crippen molar-refractivity contribution in [2.24, 2.45) is 0 Å². The average molecular weight is 366 g/mol. The van der Waals surface area contributed by atoms with Crippen molar-refractivity contribution in [3.05, 3.63) is 71.3 Å². The molecule has 0 atom stereocenters. The van der Waals surface area contributed by atoms with E-state index in [1.807, 2.05) is 31.2 Å². The highest BCUT2D eigenvalue weighted by Crippen LogP contribution is 2.22. The number of amides is 1. The monoisotopic (exact) mass is 365 g/mol. The first-order valence-electron chi connectivity index (χ1n) is 9.67. The minimum Gasteiger partial charge on any atom is -0.494 e. The van der Waals surface area contributed by atoms with Crippen LogP contribution in [0.2, 0.25) is 0 Å². The van der Waals surface area contributed by atoms with E-state index in [0.717, 1.165) is 24.2 Å². The zero-order valence-electron chi connectivity index (χ0n) is 16.9. The summed E-state index contributed by atoms with van der Waals surface area (Å²) in [4.78, 5) is 12.0. The number of para-hydroxylation sites is 1. The molecule has 0 aliphatic carbocycles. The fourth-order valence-corrected chi connectivity index (χ4v) is 2.82. The maximum atomic E-state index is 12.0. The maximum absolute atomic E-state index is 12.0. The standard InChI is InChI=1S/C24H31NO2/c1-5-27-22-11-7-6-9-20(22)10-8-18-25-23(26)17-14-19-12-15-21(16-13-19)24(2,3)4/h6-7,9,11-17H,5,8,10,18H2,1-4H3,(H,25,26)/b17-14+. The fourth-order valence-electron chi connectivity index (χ4n) is 2.82. The lowest BCUT2D eigenvalue weighted by Crippen LogP contribution is -2.22. The third-order valence-electron chi connectivity index (χ3n) is 4.40. The van der Waals surface area contributed by atoms with Crippen molar-refractivity contribution in [3.8, 4) is 5.75 Å². The molecule has 1 N–H and O–H groups in total. The summed E-state index contributed by atoms with van der Waals surface area (Å²) in [5.74, 6) is 0.873. The topological polar surface area (TPSA) is 38.3 Å². The summed E-state index contributed by atoms with van der Waals surface area (Å²) in [6.07, 6.45) is 5.21. The van der Waals surface area contributed by atoms with Crippen molar-refractivity contribution in [2.45, 2.75) is 46.0 Å². The number of rotatable bonds is 8. The molecular formula is C24H31NO2. The number of hydrogen-bond acceptors (Lipinski definition) is 2. The number of carbonyl (C=O) groups excluding carboxylic acids is 1. The van der Waals surface area contributed by atoms with Gasteiger partial charge in [-0.15, -0.1) is 0 Å². The van der Waals surface area contributed by atoms with Gasteiger partial charge in [0.1, 0.15) is 5.75 Å². The highest BCUT2D eigenvalue weighted by molar-refractivity contribution is 5.91. The predicted octanol–water partition coefficient (Wildman–Crippen LogP) is 5.15. The Morgan fingerprint density at radius 2 is 1.78 bits per heavy atom. The average Bonchev–Trinajstić information content (AvgIpc) is 2.64. The molecule has 0 saturated heterocycles. The molecule has 0 bridgehead atoms. The lowest BCUT2D eigenvalue weighted by atomic mass is 9.87. The molecule has 27 heavy (non-hydrogen) atoms. The van der Waals surface area contributed by atoms with Crippen LogP contribution in [0, 0.1) is 0 Å². The zero-order chi connectivity index (χ0) is 19.7. The maximum Gasteiger partial charge on any atom is 0.243 e. The third-order valence-corrected chi connectivity index (χ3v) is 4.40. The number of aryl methyl sites for hydroxylation is 1. The number of carbonyl (C=O) groups is 1. The van der Waals surface area contributed by atoms with E-state index in [9.17, 15) is 4.79 Å². The van der Waals surface area contributed by atoms with Gasteiger partial charge < -0.3 is 10.1 Å². The summed E-state index contributed by atoms with van der Waals surface area (Å²) in [7, 11) is 0. The molecule has 2 aromatic carbocycles. The molecule has 0 aliphatic heterocycles. The molecule has 0 saturated carbocycles. The molecule has 0 aromatic heterocycles. The Bertz CT molecular complexity index is 755. The van der Waals surface area contributed by atoms with Gasteiger partial charge in [-0.1, -0.05) is 63.2 Å². The second-order valence-electron chi connectivity index (χ2n) is 7.64. The molecule has 0 aliphatic rings. The molecule has 2 aromatic rings. The van der Waals surface area contributed by atoms with Crippen molar-refractivity contribution >= 4 is 12.0 Å². The summed E-state index contributed by atoms with van der Waals surface area (Å²) >= 11 is 0. The van der Waals surface area contributed by atoms with E-state index in [-0.39, 0.29) is 11.3 Å². The molecular weight excluding hydrogens is 334 g/mol. The third kappa shape index (κ3) is 6.93. The summed E-state index contributed by atoms with van der Waals surface area (Å²) in [5.41, 5.74) is 3.64. The summed E-state index contributed by atoms with van der Waals surface area (Å²) in [6, 6.07) is 16.4. The van der Waals surface area contributed by atoms with Gasteiger partial charge in [-0.3, -0.25) is 4.79 Å². The lowest BCUT2D eigenvalue weighted by Gasteiger charge is -2.18. The van der Waals surface area contributed by atoms with E-state index in [1.54, 1.807) is 6.08 Å². The van der Waals surface area contributed by atoms with Gasteiger partial charge in [0, 0.05) is 12.6 Å². The molecule has 0 unspecified atom stereocenters. The lowest BCUT2D eigenvalue weighted by molar-refractivity contribution is -0.116. The Labute approximate surface area is 163 Å². The van der Waals surface area contributed by atoms with Gasteiger partial charge in [0.15, 0.2) is 0 Å². The van der Waals surface area contributed by atoms with Crippen molar-refractivity contribution < 1.29 is 9.53 Å². The predicted molar refractivity (Wildman–Crippen MR) is 113 cm³/mol. The Balaban J connectivity index is 1.77. The second-order valence-corrected chi connectivity index (χ2v) is 7.64. The number of nitrogens with one attached hydrogen (secondary N) is 1. The van der Waals surface area contributed by atoms with Crippen LogP contribution < -0.4 is 10.1 Å². The molecule has 3 nitrogen and oxygen atoms in total. The number of hydrogen-bond donors (Lipinski definition) is 1. The molecule has 144 valence electrons. The van der Waals surface area contributed by atoms with Crippen LogP contribution in [0.1, 0.15) is 50.8 Å². The van der Waals surface area contributed by atoms with E-state index in [0.29, 0.717) is 13.2 Å². The minimum absolute atomic E-state index is 0.0620. The SMILES string of the molecule is CCOc1ccccc1CCCNC(=O)/C=C/c1ccc(C(C)(C)C)cc1. The number of ether oxygens (including phenoxy) is 1. The van der Waals surface area contributed by atoms with Crippen LogP contribution in [0.15, 0.2) is 54.6 Å².